The Morgan fingerprint density at radius 1 is 1.12 bits per heavy atom. The van der Waals surface area contributed by atoms with Crippen LogP contribution < -0.4 is 0 Å². The summed E-state index contributed by atoms with van der Waals surface area (Å²) in [7, 11) is 0. The topological polar surface area (TPSA) is 26.3 Å². The van der Waals surface area contributed by atoms with E-state index in [2.05, 4.69) is 46.9 Å². The maximum Gasteiger partial charge on any atom is 0.310 e. The highest BCUT2D eigenvalue weighted by Gasteiger charge is 2.65. The predicted octanol–water partition coefficient (Wildman–Crippen LogP) is 2.77. The van der Waals surface area contributed by atoms with E-state index in [9.17, 15) is 4.79 Å². The number of carbonyl (C=O) groups excluding carboxylic acids is 1. The molecule has 1 aliphatic heterocycles. The highest BCUT2D eigenvalue weighted by atomic mass is 127. The van der Waals surface area contributed by atoms with E-state index in [-0.39, 0.29) is 18.0 Å². The van der Waals surface area contributed by atoms with Crippen molar-refractivity contribution < 1.29 is 9.53 Å². The van der Waals surface area contributed by atoms with Crippen LogP contribution in [0.1, 0.15) is 17.9 Å². The molecule has 0 N–H and O–H groups in total. The average molecular weight is 340 g/mol. The van der Waals surface area contributed by atoms with Crippen LogP contribution in [0.3, 0.4) is 0 Å². The minimum absolute atomic E-state index is 0.0514. The average Bonchev–Trinajstić information content (AvgIpc) is 2.94. The Bertz CT molecular complexity index is 472. The van der Waals surface area contributed by atoms with E-state index >= 15 is 0 Å². The molecule has 3 fully saturated rings. The van der Waals surface area contributed by atoms with E-state index in [1.165, 1.54) is 12.0 Å². The number of halogens is 1. The lowest BCUT2D eigenvalue weighted by Gasteiger charge is -2.28. The van der Waals surface area contributed by atoms with Crippen LogP contribution in [0.25, 0.3) is 0 Å². The van der Waals surface area contributed by atoms with Gasteiger partial charge in [0.05, 0.1) is 9.84 Å². The van der Waals surface area contributed by atoms with Crippen molar-refractivity contribution in [1.82, 2.24) is 0 Å². The van der Waals surface area contributed by atoms with Gasteiger partial charge in [0, 0.05) is 11.8 Å². The Balaban J connectivity index is 1.80. The van der Waals surface area contributed by atoms with Crippen molar-refractivity contribution in [3.8, 4) is 0 Å². The number of ether oxygens (including phenoxy) is 1. The summed E-state index contributed by atoms with van der Waals surface area (Å²) in [5, 5.41) is 0. The maximum absolute atomic E-state index is 12.0. The molecule has 1 aromatic carbocycles. The van der Waals surface area contributed by atoms with Gasteiger partial charge in [0.15, 0.2) is 0 Å². The first-order valence-corrected chi connectivity index (χ1v) is 7.41. The lowest BCUT2D eigenvalue weighted by Crippen LogP contribution is -2.32. The summed E-state index contributed by atoms with van der Waals surface area (Å²) >= 11 is 2.49. The molecule has 2 aliphatic carbocycles. The zero-order valence-electron chi connectivity index (χ0n) is 9.25. The van der Waals surface area contributed by atoms with E-state index in [4.69, 9.17) is 4.74 Å². The van der Waals surface area contributed by atoms with Crippen molar-refractivity contribution in [2.45, 2.75) is 22.4 Å². The molecule has 0 amide bonds. The van der Waals surface area contributed by atoms with Crippen LogP contribution in [0.2, 0.25) is 0 Å². The molecular weight excluding hydrogens is 327 g/mol. The second-order valence-corrected chi connectivity index (χ2v) is 6.81. The predicted molar refractivity (Wildman–Crippen MR) is 72.0 cm³/mol. The minimum atomic E-state index is 0.0514. The molecule has 88 valence electrons. The molecule has 2 saturated carbocycles. The lowest BCUT2D eigenvalue weighted by atomic mass is 9.76. The first kappa shape index (κ1) is 10.4. The van der Waals surface area contributed by atoms with Gasteiger partial charge in [0.25, 0.3) is 0 Å². The second-order valence-electron chi connectivity index (χ2n) is 5.37. The zero-order valence-corrected chi connectivity index (χ0v) is 11.4. The number of hydrogen-bond acceptors (Lipinski definition) is 2. The van der Waals surface area contributed by atoms with Crippen LogP contribution in [-0.4, -0.2) is 16.0 Å². The van der Waals surface area contributed by atoms with Gasteiger partial charge in [-0.3, -0.25) is 4.79 Å². The molecule has 2 nitrogen and oxygen atoms in total. The van der Waals surface area contributed by atoms with Crippen molar-refractivity contribution >= 4 is 28.6 Å². The van der Waals surface area contributed by atoms with Crippen LogP contribution >= 0.6 is 22.6 Å². The van der Waals surface area contributed by atoms with E-state index in [0.717, 1.165) is 0 Å². The van der Waals surface area contributed by atoms with Crippen molar-refractivity contribution in [1.29, 1.82) is 0 Å². The Kier molecular flexibility index (Phi) is 2.11. The van der Waals surface area contributed by atoms with Gasteiger partial charge in [-0.2, -0.15) is 0 Å². The Morgan fingerprint density at radius 3 is 2.65 bits per heavy atom. The van der Waals surface area contributed by atoms with Crippen LogP contribution in [0.4, 0.5) is 0 Å². The van der Waals surface area contributed by atoms with Crippen molar-refractivity contribution in [3.63, 3.8) is 0 Å². The van der Waals surface area contributed by atoms with Crippen molar-refractivity contribution in [2.75, 3.05) is 0 Å². The second kappa shape index (κ2) is 3.46. The molecule has 3 aliphatic rings. The quantitative estimate of drug-likeness (QED) is 0.446. The minimum Gasteiger partial charge on any atom is -0.461 e. The zero-order chi connectivity index (χ0) is 11.6. The van der Waals surface area contributed by atoms with Gasteiger partial charge < -0.3 is 4.74 Å². The molecule has 0 spiro atoms. The van der Waals surface area contributed by atoms with Crippen LogP contribution in [-0.2, 0) is 9.53 Å². The summed E-state index contributed by atoms with van der Waals surface area (Å²) in [6.45, 7) is 0. The molecule has 0 unspecified atom stereocenters. The first-order chi connectivity index (χ1) is 8.27. The number of esters is 1. The van der Waals surface area contributed by atoms with Gasteiger partial charge in [-0.15, -0.1) is 0 Å². The Hall–Kier alpha value is -0.580. The first-order valence-electron chi connectivity index (χ1n) is 6.17. The van der Waals surface area contributed by atoms with Crippen molar-refractivity contribution in [2.24, 2.45) is 17.8 Å². The number of alkyl halides is 1. The largest absolute Gasteiger partial charge is 0.461 e. The van der Waals surface area contributed by atoms with Crippen LogP contribution in [0.5, 0.6) is 0 Å². The summed E-state index contributed by atoms with van der Waals surface area (Å²) in [5.41, 5.74) is 1.32. The molecule has 0 radical (unpaired) electrons. The number of rotatable bonds is 1. The molecule has 4 rings (SSSR count). The van der Waals surface area contributed by atoms with Gasteiger partial charge in [0.2, 0.25) is 0 Å². The fourth-order valence-corrected chi connectivity index (χ4v) is 5.52. The summed E-state index contributed by atoms with van der Waals surface area (Å²) in [6, 6.07) is 10.5. The summed E-state index contributed by atoms with van der Waals surface area (Å²) in [5.74, 6) is 1.70. The molecule has 6 atom stereocenters. The van der Waals surface area contributed by atoms with Gasteiger partial charge in [-0.1, -0.05) is 52.9 Å². The Morgan fingerprint density at radius 2 is 1.88 bits per heavy atom. The Labute approximate surface area is 114 Å². The standard InChI is InChI=1S/C14H13IO2/c15-12-8-6-9-11(14(16)17-13(9)12)10(8)7-4-2-1-3-5-7/h1-5,8-13H,6H2/t8-,9+,10-,11-,12+,13-/m0/s1. The van der Waals surface area contributed by atoms with Gasteiger partial charge in [-0.25, -0.2) is 0 Å². The molecule has 17 heavy (non-hydrogen) atoms. The van der Waals surface area contributed by atoms with Crippen molar-refractivity contribution in [3.05, 3.63) is 35.9 Å². The third-order valence-corrected chi connectivity index (χ3v) is 6.34. The van der Waals surface area contributed by atoms with E-state index in [1.807, 2.05) is 6.07 Å². The molecule has 1 aromatic rings. The van der Waals surface area contributed by atoms with Gasteiger partial charge in [0.1, 0.15) is 6.10 Å². The highest BCUT2D eigenvalue weighted by molar-refractivity contribution is 14.1. The fraction of sp³-hybridized carbons (Fsp3) is 0.500. The number of hydrogen-bond donors (Lipinski definition) is 0. The highest BCUT2D eigenvalue weighted by Crippen LogP contribution is 2.63. The molecule has 3 heteroatoms. The molecule has 1 heterocycles. The summed E-state index contributed by atoms with van der Waals surface area (Å²) < 4.78 is 6.06. The SMILES string of the molecule is O=C1O[C@@H]2[C@H](I)[C@H]3C[C@@H]2[C@H]1[C@H]3c1ccccc1. The number of fused-ring (bicyclic) bond motifs is 1. The molecular formula is C14H13IO2. The van der Waals surface area contributed by atoms with E-state index < -0.39 is 0 Å². The smallest absolute Gasteiger partial charge is 0.310 e. The summed E-state index contributed by atoms with van der Waals surface area (Å²) in [4.78, 5) is 12.0. The van der Waals surface area contributed by atoms with E-state index in [0.29, 0.717) is 21.7 Å². The van der Waals surface area contributed by atoms with E-state index in [1.54, 1.807) is 0 Å². The van der Waals surface area contributed by atoms with Crippen LogP contribution in [0.15, 0.2) is 30.3 Å². The molecule has 0 aromatic heterocycles. The van der Waals surface area contributed by atoms with Gasteiger partial charge >= 0.3 is 5.97 Å². The maximum atomic E-state index is 12.0. The van der Waals surface area contributed by atoms with Crippen LogP contribution in [0, 0.1) is 17.8 Å². The third-order valence-electron chi connectivity index (χ3n) is 4.71. The summed E-state index contributed by atoms with van der Waals surface area (Å²) in [6.07, 6.45) is 1.38. The normalized spacial score (nSPS) is 46.3. The fourth-order valence-electron chi connectivity index (χ4n) is 4.10. The monoisotopic (exact) mass is 340 g/mol. The van der Waals surface area contributed by atoms with Gasteiger partial charge in [-0.05, 0) is 17.9 Å². The third kappa shape index (κ3) is 1.23. The number of benzene rings is 1. The molecule has 1 saturated heterocycles. The molecule has 2 bridgehead atoms. The number of carbonyl (C=O) groups is 1. The lowest BCUT2D eigenvalue weighted by molar-refractivity contribution is -0.143.